The third-order valence-electron chi connectivity index (χ3n) is 8.75. The number of carbonyl (C=O) groups is 2. The van der Waals surface area contributed by atoms with E-state index in [0.717, 1.165) is 32.2 Å². The molecule has 0 radical (unpaired) electrons. The molecule has 5 nitrogen and oxygen atoms in total. The Hall–Kier alpha value is -2.69. The molecule has 0 spiro atoms. The van der Waals surface area contributed by atoms with Crippen molar-refractivity contribution in [2.24, 2.45) is 5.92 Å². The maximum Gasteiger partial charge on any atom is 0.335 e. The zero-order valence-corrected chi connectivity index (χ0v) is 28.9. The number of pyridine rings is 1. The lowest BCUT2D eigenvalue weighted by atomic mass is 9.88. The third kappa shape index (κ3) is 22.5. The van der Waals surface area contributed by atoms with Gasteiger partial charge in [0.25, 0.3) is 0 Å². The number of carboxylic acid groups (broad SMARTS) is 1. The van der Waals surface area contributed by atoms with Crippen LogP contribution in [-0.4, -0.2) is 16.9 Å². The molecule has 0 bridgehead atoms. The maximum atomic E-state index is 13.1. The van der Waals surface area contributed by atoms with E-state index in [0.29, 0.717) is 11.7 Å². The van der Waals surface area contributed by atoms with Crippen molar-refractivity contribution in [2.75, 3.05) is 0 Å². The fourth-order valence-corrected chi connectivity index (χ4v) is 5.89. The molecule has 1 aromatic heterocycles. The zero-order valence-electron chi connectivity index (χ0n) is 28.9. The fraction of sp³-hybridized carbons (Fsp3) is 0.675. The molecule has 0 amide bonds. The highest BCUT2D eigenvalue weighted by atomic mass is 16.4. The summed E-state index contributed by atoms with van der Waals surface area (Å²) in [5, 5.41) is 19.0. The van der Waals surface area contributed by atoms with Gasteiger partial charge in [0.2, 0.25) is 0 Å². The van der Waals surface area contributed by atoms with Crippen molar-refractivity contribution in [1.29, 1.82) is 0 Å². The predicted octanol–water partition coefficient (Wildman–Crippen LogP) is 10.6. The fourth-order valence-electron chi connectivity index (χ4n) is 5.89. The molecular formula is C40H65NO4. The lowest BCUT2D eigenvalue weighted by Gasteiger charge is -2.16. The summed E-state index contributed by atoms with van der Waals surface area (Å²) in [5.74, 6) is -0.741. The van der Waals surface area contributed by atoms with Gasteiger partial charge in [0.15, 0.2) is 12.4 Å². The van der Waals surface area contributed by atoms with Gasteiger partial charge in [-0.1, -0.05) is 153 Å². The summed E-state index contributed by atoms with van der Waals surface area (Å²) < 4.78 is 2.26. The molecule has 1 aromatic carbocycles. The molecule has 0 fully saturated rings. The highest BCUT2D eigenvalue weighted by Crippen LogP contribution is 2.22. The smallest absolute Gasteiger partial charge is 0.335 e. The van der Waals surface area contributed by atoms with Crippen molar-refractivity contribution in [1.82, 2.24) is 0 Å². The van der Waals surface area contributed by atoms with E-state index < -0.39 is 11.7 Å². The molecule has 2 aromatic rings. The van der Waals surface area contributed by atoms with Crippen molar-refractivity contribution in [2.45, 2.75) is 168 Å². The number of hydrogen-bond acceptors (Lipinski definition) is 3. The van der Waals surface area contributed by atoms with E-state index in [-0.39, 0.29) is 5.56 Å². The van der Waals surface area contributed by atoms with Crippen molar-refractivity contribution >= 4 is 11.8 Å². The number of ketones is 1. The normalized spacial score (nSPS) is 11.5. The van der Waals surface area contributed by atoms with E-state index in [9.17, 15) is 14.7 Å². The number of carbonyl (C=O) groups excluding carboxylic acids is 1. The van der Waals surface area contributed by atoms with Crippen LogP contribution in [0.5, 0.6) is 5.75 Å². The number of Topliss-reactive ketones (excluding diaryl/α,β-unsaturated/α-hetero) is 1. The lowest BCUT2D eigenvalue weighted by molar-refractivity contribution is -0.697. The first-order valence-corrected chi connectivity index (χ1v) is 18.5. The number of aryl methyl sites for hydroxylation is 1. The number of aromatic nitrogens is 1. The minimum atomic E-state index is -1.18. The van der Waals surface area contributed by atoms with Crippen LogP contribution in [0, 0.1) is 5.92 Å². The molecule has 0 aliphatic rings. The summed E-state index contributed by atoms with van der Waals surface area (Å²) in [4.78, 5) is 23.3. The highest BCUT2D eigenvalue weighted by Gasteiger charge is 2.17. The Morgan fingerprint density at radius 3 is 1.58 bits per heavy atom. The zero-order chi connectivity index (χ0) is 32.8. The van der Waals surface area contributed by atoms with E-state index in [2.05, 4.69) is 49.0 Å². The lowest BCUT2D eigenvalue weighted by Crippen LogP contribution is -2.32. The minimum absolute atomic E-state index is 0.178. The van der Waals surface area contributed by atoms with Crippen LogP contribution < -0.4 is 9.67 Å². The van der Waals surface area contributed by atoms with Gasteiger partial charge in [-0.3, -0.25) is 4.79 Å². The van der Waals surface area contributed by atoms with Crippen LogP contribution in [0.25, 0.3) is 0 Å². The first-order valence-electron chi connectivity index (χ1n) is 18.5. The molecule has 0 aliphatic carbocycles. The second-order valence-corrected chi connectivity index (χ2v) is 12.8. The van der Waals surface area contributed by atoms with Gasteiger partial charge < -0.3 is 10.2 Å². The number of benzene rings is 1. The van der Waals surface area contributed by atoms with Gasteiger partial charge >= 0.3 is 5.97 Å². The molecule has 1 unspecified atom stereocenters. The Morgan fingerprint density at radius 1 is 0.622 bits per heavy atom. The van der Waals surface area contributed by atoms with Crippen molar-refractivity contribution < 1.29 is 24.4 Å². The first-order chi connectivity index (χ1) is 22.0. The van der Waals surface area contributed by atoms with Crippen LogP contribution in [0.2, 0.25) is 0 Å². The van der Waals surface area contributed by atoms with Crippen LogP contribution in [0.4, 0.5) is 0 Å². The van der Waals surface area contributed by atoms with E-state index in [1.165, 1.54) is 146 Å². The van der Waals surface area contributed by atoms with Crippen molar-refractivity contribution in [3.05, 3.63) is 60.4 Å². The van der Waals surface area contributed by atoms with E-state index in [4.69, 9.17) is 5.11 Å². The topological polar surface area (TPSA) is 81.3 Å². The van der Waals surface area contributed by atoms with Gasteiger partial charge in [-0.15, -0.1) is 0 Å². The number of para-hydroxylation sites is 1. The average molecular weight is 624 g/mol. The number of unbranched alkanes of at least 4 members (excludes halogenated alkanes) is 17. The molecule has 1 N–H and O–H groups in total. The molecule has 5 heteroatoms. The van der Waals surface area contributed by atoms with Gasteiger partial charge in [-0.05, 0) is 31.7 Å². The van der Waals surface area contributed by atoms with E-state index in [1.54, 1.807) is 0 Å². The summed E-state index contributed by atoms with van der Waals surface area (Å²) in [5.41, 5.74) is -0.178. The highest BCUT2D eigenvalue weighted by molar-refractivity contribution is 5.90. The predicted molar refractivity (Wildman–Crippen MR) is 186 cm³/mol. The number of carboxylic acids is 1. The Kier molecular flexibility index (Phi) is 25.8. The molecular weight excluding hydrogens is 558 g/mol. The van der Waals surface area contributed by atoms with Crippen molar-refractivity contribution in [3.63, 3.8) is 0 Å². The summed E-state index contributed by atoms with van der Waals surface area (Å²) in [6, 6.07) is 11.8. The quantitative estimate of drug-likeness (QED) is 0.0793. The number of aromatic carboxylic acids is 1. The van der Waals surface area contributed by atoms with Gasteiger partial charge in [0.05, 0.1) is 5.56 Å². The van der Waals surface area contributed by atoms with Crippen LogP contribution >= 0.6 is 0 Å². The average Bonchev–Trinajstić information content (AvgIpc) is 3.05. The number of hydrogen-bond donors (Lipinski definition) is 1. The Bertz CT molecular complexity index is 977. The van der Waals surface area contributed by atoms with Crippen LogP contribution in [0.1, 0.15) is 172 Å². The molecule has 45 heavy (non-hydrogen) atoms. The Morgan fingerprint density at radius 2 is 1.09 bits per heavy atom. The minimum Gasteiger partial charge on any atom is -0.872 e. The van der Waals surface area contributed by atoms with E-state index in [1.807, 2.05) is 0 Å². The third-order valence-corrected chi connectivity index (χ3v) is 8.75. The van der Waals surface area contributed by atoms with Gasteiger partial charge in [-0.25, -0.2) is 9.36 Å². The van der Waals surface area contributed by atoms with Crippen LogP contribution in [0.15, 0.2) is 54.9 Å². The molecule has 254 valence electrons. The second-order valence-electron chi connectivity index (χ2n) is 12.8. The van der Waals surface area contributed by atoms with Crippen molar-refractivity contribution in [3.8, 4) is 5.75 Å². The molecule has 1 atom stereocenters. The maximum absolute atomic E-state index is 13.1. The van der Waals surface area contributed by atoms with Crippen LogP contribution in [-0.2, 0) is 11.3 Å². The summed E-state index contributed by atoms with van der Waals surface area (Å²) >= 11 is 0. The Labute approximate surface area is 275 Å². The number of nitrogens with zero attached hydrogens (tertiary/aromatic N) is 1. The molecule has 1 heterocycles. The summed E-state index contributed by atoms with van der Waals surface area (Å²) in [6.45, 7) is 5.63. The molecule has 2 rings (SSSR count). The first kappa shape index (κ1) is 40.3. The van der Waals surface area contributed by atoms with Crippen LogP contribution in [0.3, 0.4) is 0 Å². The SMILES string of the molecule is CCCCCCCCCCCC(=O)C(CCCCCCCCCCC)CCCC[n+]1ccccc1.O=C(O)c1ccccc1[O-]. The largest absolute Gasteiger partial charge is 0.872 e. The monoisotopic (exact) mass is 623 g/mol. The Balaban J connectivity index is 0.000000852. The molecule has 0 saturated carbocycles. The standard InChI is InChI=1S/C33H60NO.C7H6O3/c1-3-5-7-9-11-13-15-17-20-26-32(27-22-25-31-34-29-23-19-24-30-34)33(35)28-21-18-16-14-12-10-8-6-4-2;8-6-4-2-1-3-5(6)7(9)10/h19,23-24,29-30,32H,3-18,20-22,25-28,31H2,1-2H3;1-4,8H,(H,9,10)/q+1;/p-1. The van der Waals surface area contributed by atoms with Gasteiger partial charge in [0.1, 0.15) is 12.3 Å². The molecule has 0 saturated heterocycles. The number of rotatable bonds is 27. The van der Waals surface area contributed by atoms with E-state index >= 15 is 0 Å². The second kappa shape index (κ2) is 28.8. The summed E-state index contributed by atoms with van der Waals surface area (Å²) in [6.07, 6.45) is 33.9. The summed E-state index contributed by atoms with van der Waals surface area (Å²) in [7, 11) is 0. The van der Waals surface area contributed by atoms with Gasteiger partial charge in [-0.2, -0.15) is 0 Å². The van der Waals surface area contributed by atoms with Gasteiger partial charge in [0, 0.05) is 30.9 Å². The molecule has 0 aliphatic heterocycles.